The van der Waals surface area contributed by atoms with Crippen LogP contribution in [-0.2, 0) is 0 Å². The van der Waals surface area contributed by atoms with Crippen LogP contribution in [0.3, 0.4) is 0 Å². The van der Waals surface area contributed by atoms with Crippen molar-refractivity contribution in [2.24, 2.45) is 0 Å². The molecule has 8 aromatic rings. The van der Waals surface area contributed by atoms with Crippen LogP contribution in [0, 0.1) is 0 Å². The van der Waals surface area contributed by atoms with Gasteiger partial charge in [-0.15, -0.1) is 0 Å². The first-order valence-corrected chi connectivity index (χ1v) is 19.6. The molecule has 4 heteroatoms. The predicted octanol–water partition coefficient (Wildman–Crippen LogP) is 9.45. The molecule has 0 atom stereocenters. The molecule has 0 radical (unpaired) electrons. The second kappa shape index (κ2) is 10.2. The summed E-state index contributed by atoms with van der Waals surface area (Å²) in [6.07, 6.45) is 0. The molecule has 0 unspecified atom stereocenters. The second-order valence-corrected chi connectivity index (χ2v) is 18.5. The van der Waals surface area contributed by atoms with Gasteiger partial charge in [-0.1, -0.05) is 24.3 Å². The summed E-state index contributed by atoms with van der Waals surface area (Å²) in [5.74, 6) is 0. The summed E-state index contributed by atoms with van der Waals surface area (Å²) in [6.45, 7) is 0. The molecule has 2 heterocycles. The first kappa shape index (κ1) is 26.3. The molecule has 1 aromatic heterocycles. The third-order valence-electron chi connectivity index (χ3n) is 8.87. The Morgan fingerprint density at radius 3 is 1.93 bits per heavy atom. The number of fused-ring (bicyclic) bond motifs is 6. The molecule has 0 aliphatic carbocycles. The Kier molecular flexibility index (Phi) is 6.12. The van der Waals surface area contributed by atoms with E-state index in [9.17, 15) is 0 Å². The molecule has 0 N–H and O–H groups in total. The number of benzene rings is 7. The molecule has 44 heavy (non-hydrogen) atoms. The molecule has 0 saturated heterocycles. The molecular weight excluding hydrogens is 636 g/mol. The van der Waals surface area contributed by atoms with Gasteiger partial charge in [-0.25, -0.2) is 0 Å². The van der Waals surface area contributed by atoms with Crippen molar-refractivity contribution in [3.63, 3.8) is 0 Å². The van der Waals surface area contributed by atoms with Crippen LogP contribution in [0.1, 0.15) is 0 Å². The Morgan fingerprint density at radius 1 is 0.500 bits per heavy atom. The van der Waals surface area contributed by atoms with Gasteiger partial charge < -0.3 is 0 Å². The van der Waals surface area contributed by atoms with Crippen LogP contribution in [0.2, 0.25) is 0 Å². The monoisotopic (exact) mass is 663 g/mol. The van der Waals surface area contributed by atoms with E-state index in [-0.39, 0.29) is 0 Å². The van der Waals surface area contributed by atoms with Crippen LogP contribution in [0.5, 0.6) is 0 Å². The van der Waals surface area contributed by atoms with E-state index in [1.807, 2.05) is 11.8 Å². The van der Waals surface area contributed by atoms with Gasteiger partial charge in [0.15, 0.2) is 0 Å². The van der Waals surface area contributed by atoms with Crippen LogP contribution >= 0.6 is 17.3 Å². The minimum absolute atomic E-state index is 1.24. The Hall–Kier alpha value is -4.10. The average molecular weight is 663 g/mol. The number of hydrogen-bond acceptors (Lipinski definition) is 1. The van der Waals surface area contributed by atoms with E-state index in [1.54, 1.807) is 0 Å². The fourth-order valence-electron chi connectivity index (χ4n) is 6.91. The van der Waals surface area contributed by atoms with E-state index in [1.165, 1.54) is 75.1 Å². The number of nitrogens with zero attached hydrogens (tertiary/aromatic N) is 1. The predicted molar refractivity (Wildman–Crippen MR) is 192 cm³/mol. The summed E-state index contributed by atoms with van der Waals surface area (Å²) in [4.78, 5) is 2.60. The summed E-state index contributed by atoms with van der Waals surface area (Å²) in [7, 11) is 0. The zero-order chi connectivity index (χ0) is 29.3. The van der Waals surface area contributed by atoms with Gasteiger partial charge in [-0.3, -0.25) is 0 Å². The number of aromatic nitrogens is 1. The Labute approximate surface area is 268 Å². The molecule has 0 fully saturated rings. The van der Waals surface area contributed by atoms with Gasteiger partial charge in [0.1, 0.15) is 0 Å². The molecule has 0 amide bonds. The molecule has 0 bridgehead atoms. The van der Waals surface area contributed by atoms with Crippen molar-refractivity contribution in [3.8, 4) is 16.8 Å². The van der Waals surface area contributed by atoms with Gasteiger partial charge in [-0.2, -0.15) is 0 Å². The van der Waals surface area contributed by atoms with Crippen LogP contribution in [0.4, 0.5) is 0 Å². The molecule has 1 aliphatic rings. The molecule has 1 nitrogen and oxygen atoms in total. The maximum absolute atomic E-state index is 3.77. The second-order valence-electron chi connectivity index (χ2n) is 11.2. The van der Waals surface area contributed by atoms with Crippen molar-refractivity contribution < 1.29 is 0 Å². The van der Waals surface area contributed by atoms with Crippen molar-refractivity contribution in [2.45, 2.75) is 9.79 Å². The van der Waals surface area contributed by atoms with Crippen LogP contribution in [-0.4, -0.2) is 19.7 Å². The van der Waals surface area contributed by atoms with Gasteiger partial charge in [0.05, 0.1) is 0 Å². The van der Waals surface area contributed by atoms with Crippen LogP contribution in [0.25, 0.3) is 49.4 Å². The fourth-order valence-corrected chi connectivity index (χ4v) is 13.4. The SMILES string of the molecule is [Se]=P(c1ccccc1)(c1ccccc1)c1cccc2c(-c3ccc4c(c3)Sc3cccc5c6ccccc6n-4c35)cccc12. The molecule has 7 aromatic carbocycles. The first-order chi connectivity index (χ1) is 21.7. The zero-order valence-electron chi connectivity index (χ0n) is 23.7. The molecule has 0 saturated carbocycles. The van der Waals surface area contributed by atoms with Crippen LogP contribution < -0.4 is 15.9 Å². The van der Waals surface area contributed by atoms with E-state index >= 15 is 0 Å². The fraction of sp³-hybridized carbons (Fsp3) is 0. The van der Waals surface area contributed by atoms with Crippen molar-refractivity contribution in [3.05, 3.63) is 158 Å². The Bertz CT molecular complexity index is 2400. The van der Waals surface area contributed by atoms with Gasteiger partial charge in [0, 0.05) is 0 Å². The van der Waals surface area contributed by atoms with Gasteiger partial charge in [-0.05, 0) is 0 Å². The molecular formula is C40H26NPSSe. The number of hydrogen-bond donors (Lipinski definition) is 0. The van der Waals surface area contributed by atoms with Gasteiger partial charge in [0.25, 0.3) is 0 Å². The first-order valence-electron chi connectivity index (χ1n) is 14.8. The molecule has 208 valence electrons. The van der Waals surface area contributed by atoms with Gasteiger partial charge in [0.2, 0.25) is 0 Å². The van der Waals surface area contributed by atoms with E-state index in [4.69, 9.17) is 0 Å². The molecule has 9 rings (SSSR count). The van der Waals surface area contributed by atoms with Crippen molar-refractivity contribution >= 4 is 80.9 Å². The third kappa shape index (κ3) is 3.84. The Balaban J connectivity index is 1.25. The Morgan fingerprint density at radius 2 is 1.14 bits per heavy atom. The zero-order valence-corrected chi connectivity index (χ0v) is 27.1. The normalized spacial score (nSPS) is 12.5. The van der Waals surface area contributed by atoms with E-state index in [2.05, 4.69) is 177 Å². The van der Waals surface area contributed by atoms with E-state index in [0.29, 0.717) is 0 Å². The maximum atomic E-state index is 3.77. The van der Waals surface area contributed by atoms with E-state index in [0.717, 1.165) is 0 Å². The summed E-state index contributed by atoms with van der Waals surface area (Å²) in [6, 6.07) is 58.1. The van der Waals surface area contributed by atoms with Gasteiger partial charge >= 0.3 is 245 Å². The quantitative estimate of drug-likeness (QED) is 0.134. The average Bonchev–Trinajstić information content (AvgIpc) is 3.44. The minimum atomic E-state index is -2.01. The van der Waals surface area contributed by atoms with Crippen molar-refractivity contribution in [1.29, 1.82) is 0 Å². The van der Waals surface area contributed by atoms with Crippen LogP contribution in [0.15, 0.2) is 168 Å². The molecule has 1 aliphatic heterocycles. The van der Waals surface area contributed by atoms with E-state index < -0.39 is 5.51 Å². The topological polar surface area (TPSA) is 4.93 Å². The summed E-state index contributed by atoms with van der Waals surface area (Å²) >= 11 is 5.65. The standard InChI is InChI=1S/C40H26NPSSe/c44-42(28-12-3-1-4-13-28,29-14-5-2-6-15-29)37-22-10-18-31-30(17-9-19-33(31)37)27-24-25-36-39(26-27)43-38-23-11-20-34-32-16-7-8-21-35(32)41(36)40(34)38/h1-26H. The summed E-state index contributed by atoms with van der Waals surface area (Å²) in [5.41, 5.74) is 4.33. The number of para-hydroxylation sites is 2. The summed E-state index contributed by atoms with van der Waals surface area (Å²) < 4.78 is 2.46. The van der Waals surface area contributed by atoms with Crippen molar-refractivity contribution in [1.82, 2.24) is 4.57 Å². The molecule has 0 spiro atoms. The number of rotatable bonds is 4. The van der Waals surface area contributed by atoms with Crippen molar-refractivity contribution in [2.75, 3.05) is 0 Å². The summed E-state index contributed by atoms with van der Waals surface area (Å²) in [5, 5.41) is 9.28. The third-order valence-corrected chi connectivity index (χ3v) is 17.0.